The molecule has 0 amide bonds. The van der Waals surface area contributed by atoms with E-state index in [1.54, 1.807) is 10.7 Å². The van der Waals surface area contributed by atoms with Gasteiger partial charge >= 0.3 is 0 Å². The van der Waals surface area contributed by atoms with Crippen LogP contribution in [0.4, 0.5) is 5.82 Å². The molecule has 1 aliphatic heterocycles. The Morgan fingerprint density at radius 2 is 2.00 bits per heavy atom. The van der Waals surface area contributed by atoms with Crippen LogP contribution >= 0.6 is 0 Å². The van der Waals surface area contributed by atoms with Gasteiger partial charge in [0.25, 0.3) is 5.56 Å². The number of hydrogen-bond acceptors (Lipinski definition) is 5. The summed E-state index contributed by atoms with van der Waals surface area (Å²) in [6.07, 6.45) is 5.81. The molecule has 2 aliphatic carbocycles. The van der Waals surface area contributed by atoms with Gasteiger partial charge in [-0.3, -0.25) is 4.79 Å². The van der Waals surface area contributed by atoms with Crippen LogP contribution < -0.4 is 10.5 Å². The summed E-state index contributed by atoms with van der Waals surface area (Å²) in [6, 6.07) is 5.76. The van der Waals surface area contributed by atoms with Crippen LogP contribution in [0.3, 0.4) is 0 Å². The van der Waals surface area contributed by atoms with E-state index in [2.05, 4.69) is 26.3 Å². The minimum atomic E-state index is 0.00942. The topological polar surface area (TPSA) is 63.9 Å². The van der Waals surface area contributed by atoms with E-state index in [4.69, 9.17) is 0 Å². The lowest BCUT2D eigenvalue weighted by atomic mass is 10.00. The molecule has 124 valence electrons. The molecule has 24 heavy (non-hydrogen) atoms. The smallest absolute Gasteiger partial charge is 0.266 e. The number of aromatic nitrogens is 4. The molecular formula is C18H21N5O. The zero-order chi connectivity index (χ0) is 16.1. The van der Waals surface area contributed by atoms with E-state index in [1.165, 1.54) is 30.5 Å². The third-order valence-electron chi connectivity index (χ3n) is 5.40. The van der Waals surface area contributed by atoms with Crippen molar-refractivity contribution in [2.24, 2.45) is 5.92 Å². The van der Waals surface area contributed by atoms with Crippen molar-refractivity contribution in [2.75, 3.05) is 18.0 Å². The summed E-state index contributed by atoms with van der Waals surface area (Å²) in [5.74, 6) is 2.02. The second-order valence-electron chi connectivity index (χ2n) is 7.35. The van der Waals surface area contributed by atoms with Gasteiger partial charge in [0, 0.05) is 31.0 Å². The molecule has 5 rings (SSSR count). The van der Waals surface area contributed by atoms with Crippen molar-refractivity contribution in [2.45, 2.75) is 44.6 Å². The maximum Gasteiger partial charge on any atom is 0.266 e. The van der Waals surface area contributed by atoms with E-state index >= 15 is 0 Å². The van der Waals surface area contributed by atoms with Crippen LogP contribution in [0.25, 0.3) is 0 Å². The Hall–Kier alpha value is -2.24. The fraction of sp³-hybridized carbons (Fsp3) is 0.556. The van der Waals surface area contributed by atoms with Gasteiger partial charge in [0.15, 0.2) is 5.82 Å². The molecule has 2 aromatic heterocycles. The van der Waals surface area contributed by atoms with Crippen LogP contribution in [-0.4, -0.2) is 33.1 Å². The maximum absolute atomic E-state index is 12.0. The predicted octanol–water partition coefficient (Wildman–Crippen LogP) is 1.54. The standard InChI is InChI=1S/C18H21N5O/c24-18-7-6-16(13-4-5-13)21-23(18)11-12-9-22(10-12)17-8-14-2-1-3-15(14)19-20-17/h6-8,12-13H,1-5,9-11H2. The zero-order valence-electron chi connectivity index (χ0n) is 13.7. The normalized spacial score (nSPS) is 20.1. The molecule has 6 heteroatoms. The predicted molar refractivity (Wildman–Crippen MR) is 90.2 cm³/mol. The summed E-state index contributed by atoms with van der Waals surface area (Å²) in [4.78, 5) is 14.3. The molecule has 2 aromatic rings. The summed E-state index contributed by atoms with van der Waals surface area (Å²) in [5, 5.41) is 13.3. The molecule has 0 spiro atoms. The third-order valence-corrected chi connectivity index (χ3v) is 5.40. The Morgan fingerprint density at radius 1 is 1.12 bits per heavy atom. The largest absolute Gasteiger partial charge is 0.354 e. The third kappa shape index (κ3) is 2.50. The fourth-order valence-electron chi connectivity index (χ4n) is 3.78. The molecule has 0 N–H and O–H groups in total. The van der Waals surface area contributed by atoms with Crippen LogP contribution in [0.2, 0.25) is 0 Å². The summed E-state index contributed by atoms with van der Waals surface area (Å²) in [5.41, 5.74) is 3.62. The van der Waals surface area contributed by atoms with Crippen LogP contribution in [0.1, 0.15) is 42.1 Å². The van der Waals surface area contributed by atoms with Gasteiger partial charge in [-0.15, -0.1) is 5.10 Å². The van der Waals surface area contributed by atoms with Gasteiger partial charge < -0.3 is 4.90 Å². The summed E-state index contributed by atoms with van der Waals surface area (Å²) in [7, 11) is 0. The number of nitrogens with zero attached hydrogens (tertiary/aromatic N) is 5. The molecule has 0 radical (unpaired) electrons. The Bertz CT molecular complexity index is 836. The highest BCUT2D eigenvalue weighted by molar-refractivity contribution is 5.45. The lowest BCUT2D eigenvalue weighted by Gasteiger charge is -2.40. The monoisotopic (exact) mass is 323 g/mol. The molecule has 0 unspecified atom stereocenters. The maximum atomic E-state index is 12.0. The second-order valence-corrected chi connectivity index (χ2v) is 7.35. The van der Waals surface area contributed by atoms with Crippen molar-refractivity contribution in [3.63, 3.8) is 0 Å². The molecule has 6 nitrogen and oxygen atoms in total. The molecule has 2 fully saturated rings. The molecule has 0 bridgehead atoms. The van der Waals surface area contributed by atoms with E-state index in [9.17, 15) is 4.79 Å². The Kier molecular flexibility index (Phi) is 3.18. The Morgan fingerprint density at radius 3 is 2.83 bits per heavy atom. The molecule has 1 saturated carbocycles. The Labute approximate surface area is 140 Å². The fourth-order valence-corrected chi connectivity index (χ4v) is 3.78. The van der Waals surface area contributed by atoms with E-state index in [-0.39, 0.29) is 5.56 Å². The molecule has 3 aliphatic rings. The minimum Gasteiger partial charge on any atom is -0.354 e. The number of hydrogen-bond donors (Lipinski definition) is 0. The van der Waals surface area contributed by atoms with Crippen LogP contribution in [-0.2, 0) is 19.4 Å². The number of fused-ring (bicyclic) bond motifs is 1. The molecule has 0 atom stereocenters. The average molecular weight is 323 g/mol. The Balaban J connectivity index is 1.25. The lowest BCUT2D eigenvalue weighted by molar-refractivity contribution is 0.330. The highest BCUT2D eigenvalue weighted by Crippen LogP contribution is 2.38. The highest BCUT2D eigenvalue weighted by Gasteiger charge is 2.30. The second kappa shape index (κ2) is 5.40. The van der Waals surface area contributed by atoms with Gasteiger partial charge in [-0.2, -0.15) is 10.2 Å². The van der Waals surface area contributed by atoms with Crippen molar-refractivity contribution in [3.05, 3.63) is 45.5 Å². The van der Waals surface area contributed by atoms with Crippen LogP contribution in [0.5, 0.6) is 0 Å². The number of aryl methyl sites for hydroxylation is 2. The van der Waals surface area contributed by atoms with Crippen molar-refractivity contribution in [1.82, 2.24) is 20.0 Å². The zero-order valence-corrected chi connectivity index (χ0v) is 13.7. The number of anilines is 1. The van der Waals surface area contributed by atoms with Crippen molar-refractivity contribution in [3.8, 4) is 0 Å². The van der Waals surface area contributed by atoms with E-state index in [0.717, 1.165) is 37.4 Å². The van der Waals surface area contributed by atoms with E-state index in [0.29, 0.717) is 18.4 Å². The van der Waals surface area contributed by atoms with E-state index < -0.39 is 0 Å². The quantitative estimate of drug-likeness (QED) is 0.854. The van der Waals surface area contributed by atoms with Gasteiger partial charge in [0.2, 0.25) is 0 Å². The van der Waals surface area contributed by atoms with Gasteiger partial charge in [-0.05, 0) is 49.8 Å². The minimum absolute atomic E-state index is 0.00942. The number of rotatable bonds is 4. The van der Waals surface area contributed by atoms with Gasteiger partial charge in [0.1, 0.15) is 0 Å². The SMILES string of the molecule is O=c1ccc(C2CC2)nn1CC1CN(c2cc3c(nn2)CCC3)C1. The first-order valence-corrected chi connectivity index (χ1v) is 8.95. The molecule has 0 aromatic carbocycles. The molecule has 1 saturated heterocycles. The van der Waals surface area contributed by atoms with Gasteiger partial charge in [-0.1, -0.05) is 0 Å². The first-order valence-electron chi connectivity index (χ1n) is 8.95. The first-order chi connectivity index (χ1) is 11.8. The summed E-state index contributed by atoms with van der Waals surface area (Å²) >= 11 is 0. The van der Waals surface area contributed by atoms with Crippen molar-refractivity contribution < 1.29 is 0 Å². The summed E-state index contributed by atoms with van der Waals surface area (Å²) < 4.78 is 1.66. The van der Waals surface area contributed by atoms with Crippen molar-refractivity contribution in [1.29, 1.82) is 0 Å². The lowest BCUT2D eigenvalue weighted by Crippen LogP contribution is -2.50. The molecule has 3 heterocycles. The van der Waals surface area contributed by atoms with Gasteiger partial charge in [-0.25, -0.2) is 4.68 Å². The van der Waals surface area contributed by atoms with Crippen LogP contribution in [0, 0.1) is 5.92 Å². The first kappa shape index (κ1) is 14.1. The summed E-state index contributed by atoms with van der Waals surface area (Å²) in [6.45, 7) is 2.55. The molecular weight excluding hydrogens is 302 g/mol. The highest BCUT2D eigenvalue weighted by atomic mass is 16.1. The van der Waals surface area contributed by atoms with Gasteiger partial charge in [0.05, 0.1) is 17.9 Å². The van der Waals surface area contributed by atoms with Crippen molar-refractivity contribution >= 4 is 5.82 Å². The average Bonchev–Trinajstić information content (AvgIpc) is 3.29. The van der Waals surface area contributed by atoms with Crippen LogP contribution in [0.15, 0.2) is 23.0 Å². The van der Waals surface area contributed by atoms with E-state index in [1.807, 2.05) is 6.07 Å².